The van der Waals surface area contributed by atoms with Crippen molar-refractivity contribution < 1.29 is 14.9 Å². The van der Waals surface area contributed by atoms with Crippen molar-refractivity contribution in [1.82, 2.24) is 0 Å². The summed E-state index contributed by atoms with van der Waals surface area (Å²) in [4.78, 5) is 14.0. The Morgan fingerprint density at radius 3 is 2.38 bits per heavy atom. The molecule has 0 radical (unpaired) electrons. The summed E-state index contributed by atoms with van der Waals surface area (Å²) in [6.45, 7) is 1.77. The Bertz CT molecular complexity index is 115. The van der Waals surface area contributed by atoms with Gasteiger partial charge in [0.2, 0.25) is 0 Å². The molecule has 1 aliphatic rings. The highest BCUT2D eigenvalue weighted by Crippen LogP contribution is 2.45. The van der Waals surface area contributed by atoms with Gasteiger partial charge in [-0.1, -0.05) is 0 Å². The van der Waals surface area contributed by atoms with Crippen molar-refractivity contribution in [3.05, 3.63) is 0 Å². The average molecular weight is 116 g/mol. The molecule has 0 amide bonds. The van der Waals surface area contributed by atoms with Crippen molar-refractivity contribution in [2.24, 2.45) is 5.41 Å². The summed E-state index contributed by atoms with van der Waals surface area (Å²) in [5.74, 6) is -0.502. The Hall–Kier alpha value is -0.570. The molecule has 1 N–H and O–H groups in total. The summed E-state index contributed by atoms with van der Waals surface area (Å²) in [6.07, 6.45) is 1.68. The predicted octanol–water partition coefficient (Wildman–Crippen LogP) is 0.803. The lowest BCUT2D eigenvalue weighted by Crippen LogP contribution is -2.12. The molecule has 1 aliphatic carbocycles. The van der Waals surface area contributed by atoms with E-state index in [1.165, 1.54) is 0 Å². The second-order valence-electron chi connectivity index (χ2n) is 2.44. The van der Waals surface area contributed by atoms with Crippen molar-refractivity contribution in [3.8, 4) is 0 Å². The summed E-state index contributed by atoms with van der Waals surface area (Å²) in [7, 11) is 0. The number of carbonyl (C=O) groups excluding carboxylic acids is 1. The number of hydrogen-bond acceptors (Lipinski definition) is 3. The maximum Gasteiger partial charge on any atom is 0.347 e. The molecule has 0 heterocycles. The van der Waals surface area contributed by atoms with Gasteiger partial charge in [0, 0.05) is 0 Å². The molecule has 46 valence electrons. The smallest absolute Gasteiger partial charge is 0.300 e. The minimum Gasteiger partial charge on any atom is -0.300 e. The van der Waals surface area contributed by atoms with Crippen molar-refractivity contribution in [1.29, 1.82) is 0 Å². The molecule has 0 spiro atoms. The molecule has 0 atom stereocenters. The van der Waals surface area contributed by atoms with Gasteiger partial charge >= 0.3 is 5.97 Å². The molecular formula is C5H8O3. The highest BCUT2D eigenvalue weighted by Gasteiger charge is 2.47. The summed E-state index contributed by atoms with van der Waals surface area (Å²) >= 11 is 0. The van der Waals surface area contributed by atoms with Crippen LogP contribution < -0.4 is 0 Å². The highest BCUT2D eigenvalue weighted by atomic mass is 17.1. The van der Waals surface area contributed by atoms with Gasteiger partial charge < -0.3 is 4.89 Å². The van der Waals surface area contributed by atoms with Crippen LogP contribution in [0.3, 0.4) is 0 Å². The van der Waals surface area contributed by atoms with Crippen LogP contribution in [0.4, 0.5) is 0 Å². The summed E-state index contributed by atoms with van der Waals surface area (Å²) in [5.41, 5.74) is -0.352. The van der Waals surface area contributed by atoms with E-state index in [1.54, 1.807) is 6.92 Å². The van der Waals surface area contributed by atoms with Crippen LogP contribution in [-0.4, -0.2) is 11.2 Å². The molecule has 3 nitrogen and oxygen atoms in total. The maximum atomic E-state index is 10.4. The van der Waals surface area contributed by atoms with Crippen molar-refractivity contribution in [2.45, 2.75) is 19.8 Å². The van der Waals surface area contributed by atoms with Gasteiger partial charge in [-0.05, 0) is 19.8 Å². The van der Waals surface area contributed by atoms with Crippen molar-refractivity contribution >= 4 is 5.97 Å². The van der Waals surface area contributed by atoms with Gasteiger partial charge in [-0.3, -0.25) is 0 Å². The Morgan fingerprint density at radius 2 is 2.25 bits per heavy atom. The quantitative estimate of drug-likeness (QED) is 0.407. The molecule has 0 aliphatic heterocycles. The zero-order chi connectivity index (χ0) is 6.20. The Labute approximate surface area is 47.2 Å². The minimum absolute atomic E-state index is 0.352. The largest absolute Gasteiger partial charge is 0.347 e. The fourth-order valence-electron chi connectivity index (χ4n) is 0.502. The van der Waals surface area contributed by atoms with Crippen molar-refractivity contribution in [3.63, 3.8) is 0 Å². The maximum absolute atomic E-state index is 10.4. The van der Waals surface area contributed by atoms with E-state index in [4.69, 9.17) is 5.26 Å². The average Bonchev–Trinajstić information content (AvgIpc) is 2.47. The molecule has 0 bridgehead atoms. The Morgan fingerprint density at radius 1 is 1.75 bits per heavy atom. The van der Waals surface area contributed by atoms with Gasteiger partial charge in [0.1, 0.15) is 0 Å². The van der Waals surface area contributed by atoms with Crippen LogP contribution in [0.25, 0.3) is 0 Å². The Balaban J connectivity index is 2.46. The molecule has 1 rings (SSSR count). The second kappa shape index (κ2) is 1.45. The van der Waals surface area contributed by atoms with E-state index in [9.17, 15) is 4.79 Å². The third-order valence-electron chi connectivity index (χ3n) is 1.58. The minimum atomic E-state index is -0.502. The van der Waals surface area contributed by atoms with Gasteiger partial charge in [0.25, 0.3) is 0 Å². The first-order valence-electron chi connectivity index (χ1n) is 2.55. The van der Waals surface area contributed by atoms with E-state index in [-0.39, 0.29) is 5.41 Å². The molecule has 8 heavy (non-hydrogen) atoms. The number of rotatable bonds is 1. The lowest BCUT2D eigenvalue weighted by molar-refractivity contribution is -0.240. The molecule has 0 aromatic rings. The normalized spacial score (nSPS) is 22.2. The fourth-order valence-corrected chi connectivity index (χ4v) is 0.502. The van der Waals surface area contributed by atoms with Crippen LogP contribution in [0.1, 0.15) is 19.8 Å². The van der Waals surface area contributed by atoms with Crippen LogP contribution in [0.2, 0.25) is 0 Å². The summed E-state index contributed by atoms with van der Waals surface area (Å²) < 4.78 is 0. The van der Waals surface area contributed by atoms with E-state index in [1.807, 2.05) is 0 Å². The molecule has 3 heteroatoms. The standard InChI is InChI=1S/C5H8O3/c1-5(2-3-5)4(6)8-7/h7H,2-3H2,1H3. The van der Waals surface area contributed by atoms with Gasteiger partial charge in [0.15, 0.2) is 0 Å². The van der Waals surface area contributed by atoms with Gasteiger partial charge in [0.05, 0.1) is 5.41 Å². The number of hydrogen-bond donors (Lipinski definition) is 1. The highest BCUT2D eigenvalue weighted by molar-refractivity contribution is 5.78. The SMILES string of the molecule is CC1(C(=O)OO)CC1. The van der Waals surface area contributed by atoms with E-state index in [2.05, 4.69) is 4.89 Å². The van der Waals surface area contributed by atoms with Gasteiger partial charge in [-0.2, -0.15) is 5.26 Å². The van der Waals surface area contributed by atoms with Gasteiger partial charge in [-0.15, -0.1) is 0 Å². The monoisotopic (exact) mass is 116 g/mol. The lowest BCUT2D eigenvalue weighted by atomic mass is 10.2. The first kappa shape index (κ1) is 5.56. The zero-order valence-electron chi connectivity index (χ0n) is 4.68. The third kappa shape index (κ3) is 0.690. The van der Waals surface area contributed by atoms with E-state index in [0.29, 0.717) is 0 Å². The van der Waals surface area contributed by atoms with Crippen LogP contribution in [-0.2, 0) is 9.68 Å². The third-order valence-corrected chi connectivity index (χ3v) is 1.58. The zero-order valence-corrected chi connectivity index (χ0v) is 4.68. The van der Waals surface area contributed by atoms with E-state index < -0.39 is 5.97 Å². The summed E-state index contributed by atoms with van der Waals surface area (Å²) in [5, 5.41) is 7.86. The molecule has 1 fully saturated rings. The Kier molecular flexibility index (Phi) is 1.01. The first-order valence-corrected chi connectivity index (χ1v) is 2.55. The van der Waals surface area contributed by atoms with Crippen molar-refractivity contribution in [2.75, 3.05) is 0 Å². The summed E-state index contributed by atoms with van der Waals surface area (Å²) in [6, 6.07) is 0. The molecule has 0 saturated heterocycles. The first-order chi connectivity index (χ1) is 3.69. The molecule has 1 saturated carbocycles. The lowest BCUT2D eigenvalue weighted by Gasteiger charge is -1.99. The molecular weight excluding hydrogens is 108 g/mol. The van der Waals surface area contributed by atoms with Gasteiger partial charge in [-0.25, -0.2) is 4.79 Å². The fraction of sp³-hybridized carbons (Fsp3) is 0.800. The van der Waals surface area contributed by atoms with Crippen LogP contribution in [0.15, 0.2) is 0 Å². The molecule has 0 unspecified atom stereocenters. The van der Waals surface area contributed by atoms with Crippen LogP contribution in [0.5, 0.6) is 0 Å². The second-order valence-corrected chi connectivity index (χ2v) is 2.44. The number of carbonyl (C=O) groups is 1. The van der Waals surface area contributed by atoms with Crippen LogP contribution in [0, 0.1) is 5.41 Å². The molecule has 0 aromatic heterocycles. The predicted molar refractivity (Wildman–Crippen MR) is 26.1 cm³/mol. The van der Waals surface area contributed by atoms with Crippen LogP contribution >= 0.6 is 0 Å². The van der Waals surface area contributed by atoms with E-state index >= 15 is 0 Å². The molecule has 0 aromatic carbocycles. The topological polar surface area (TPSA) is 46.5 Å². The van der Waals surface area contributed by atoms with E-state index in [0.717, 1.165) is 12.8 Å².